The van der Waals surface area contributed by atoms with E-state index in [0.717, 1.165) is 6.42 Å². The number of hydrogen-bond acceptors (Lipinski definition) is 3. The topological polar surface area (TPSA) is 49.9 Å². The zero-order chi connectivity index (χ0) is 17.6. The van der Waals surface area contributed by atoms with Gasteiger partial charge in [-0.15, -0.1) is 0 Å². The molecule has 3 rings (SSSR count). The van der Waals surface area contributed by atoms with E-state index in [9.17, 15) is 14.0 Å². The second kappa shape index (κ2) is 7.79. The molecule has 0 bridgehead atoms. The van der Waals surface area contributed by atoms with Crippen LogP contribution in [0.3, 0.4) is 0 Å². The highest BCUT2D eigenvalue weighted by atomic mass is 19.1. The van der Waals surface area contributed by atoms with Crippen LogP contribution in [0.2, 0.25) is 0 Å². The smallest absolute Gasteiger partial charge is 0.266 e. The van der Waals surface area contributed by atoms with Gasteiger partial charge in [-0.25, -0.2) is 4.39 Å². The summed E-state index contributed by atoms with van der Waals surface area (Å²) in [4.78, 5) is 27.6. The van der Waals surface area contributed by atoms with Crippen molar-refractivity contribution in [3.63, 3.8) is 0 Å². The third kappa shape index (κ3) is 4.35. The molecule has 1 heterocycles. The van der Waals surface area contributed by atoms with E-state index in [2.05, 4.69) is 0 Å². The van der Waals surface area contributed by atoms with Crippen LogP contribution >= 0.6 is 0 Å². The normalized spacial score (nSPS) is 13.8. The highest BCUT2D eigenvalue weighted by molar-refractivity contribution is 5.95. The Labute approximate surface area is 145 Å². The lowest BCUT2D eigenvalue weighted by Gasteiger charge is -2.28. The maximum Gasteiger partial charge on any atom is 0.266 e. The van der Waals surface area contributed by atoms with Crippen LogP contribution in [0.15, 0.2) is 54.6 Å². The SMILES string of the molecule is O=C1CCCN1CN(C(=O)COc1ccccc1)c1ccc(F)cc1. The largest absolute Gasteiger partial charge is 0.484 e. The molecule has 0 N–H and O–H groups in total. The molecule has 1 fully saturated rings. The summed E-state index contributed by atoms with van der Waals surface area (Å²) in [6.07, 6.45) is 1.27. The lowest BCUT2D eigenvalue weighted by atomic mass is 10.3. The van der Waals surface area contributed by atoms with Gasteiger partial charge in [-0.3, -0.25) is 14.5 Å². The Kier molecular flexibility index (Phi) is 5.28. The molecule has 2 aromatic rings. The van der Waals surface area contributed by atoms with Crippen molar-refractivity contribution < 1.29 is 18.7 Å². The van der Waals surface area contributed by atoms with Gasteiger partial charge in [-0.05, 0) is 42.8 Å². The van der Waals surface area contributed by atoms with Crippen molar-refractivity contribution in [2.75, 3.05) is 24.7 Å². The fourth-order valence-electron chi connectivity index (χ4n) is 2.69. The fourth-order valence-corrected chi connectivity index (χ4v) is 2.69. The first-order chi connectivity index (χ1) is 12.1. The molecule has 0 aromatic heterocycles. The lowest BCUT2D eigenvalue weighted by molar-refractivity contribution is -0.128. The van der Waals surface area contributed by atoms with Gasteiger partial charge in [0, 0.05) is 18.7 Å². The van der Waals surface area contributed by atoms with E-state index in [1.807, 2.05) is 18.2 Å². The Morgan fingerprint density at radius 3 is 2.48 bits per heavy atom. The molecule has 130 valence electrons. The summed E-state index contributed by atoms with van der Waals surface area (Å²) in [7, 11) is 0. The number of hydrogen-bond donors (Lipinski definition) is 0. The van der Waals surface area contributed by atoms with Crippen molar-refractivity contribution in [2.45, 2.75) is 12.8 Å². The third-order valence-electron chi connectivity index (χ3n) is 4.03. The van der Waals surface area contributed by atoms with Crippen LogP contribution < -0.4 is 9.64 Å². The second-order valence-corrected chi connectivity index (χ2v) is 5.80. The van der Waals surface area contributed by atoms with E-state index in [-0.39, 0.29) is 30.9 Å². The van der Waals surface area contributed by atoms with Gasteiger partial charge in [0.1, 0.15) is 18.2 Å². The monoisotopic (exact) mass is 342 g/mol. The maximum atomic E-state index is 13.2. The van der Waals surface area contributed by atoms with Gasteiger partial charge in [0.15, 0.2) is 6.61 Å². The number of nitrogens with zero attached hydrogens (tertiary/aromatic N) is 2. The zero-order valence-corrected chi connectivity index (χ0v) is 13.7. The number of carbonyl (C=O) groups excluding carboxylic acids is 2. The minimum atomic E-state index is -0.381. The average molecular weight is 342 g/mol. The molecule has 2 amide bonds. The third-order valence-corrected chi connectivity index (χ3v) is 4.03. The first-order valence-corrected chi connectivity index (χ1v) is 8.15. The molecule has 25 heavy (non-hydrogen) atoms. The van der Waals surface area contributed by atoms with Crippen LogP contribution in [0.4, 0.5) is 10.1 Å². The maximum absolute atomic E-state index is 13.2. The molecule has 5 nitrogen and oxygen atoms in total. The van der Waals surface area contributed by atoms with Gasteiger partial charge in [0.2, 0.25) is 5.91 Å². The lowest BCUT2D eigenvalue weighted by Crippen LogP contribution is -2.44. The van der Waals surface area contributed by atoms with E-state index in [1.165, 1.54) is 29.2 Å². The summed E-state index contributed by atoms with van der Waals surface area (Å²) in [5.74, 6) is -0.0693. The van der Waals surface area contributed by atoms with Crippen molar-refractivity contribution in [1.82, 2.24) is 4.90 Å². The van der Waals surface area contributed by atoms with E-state index >= 15 is 0 Å². The molecule has 0 atom stereocenters. The Bertz CT molecular complexity index is 734. The Balaban J connectivity index is 1.73. The second-order valence-electron chi connectivity index (χ2n) is 5.80. The predicted molar refractivity (Wildman–Crippen MR) is 91.6 cm³/mol. The summed E-state index contributed by atoms with van der Waals surface area (Å²) in [6.45, 7) is 0.591. The molecule has 0 unspecified atom stereocenters. The summed E-state index contributed by atoms with van der Waals surface area (Å²) in [6, 6.07) is 14.7. The Morgan fingerprint density at radius 1 is 1.12 bits per heavy atom. The van der Waals surface area contributed by atoms with Gasteiger partial charge in [0.25, 0.3) is 5.91 Å². The van der Waals surface area contributed by atoms with Crippen LogP contribution in [0.1, 0.15) is 12.8 Å². The van der Waals surface area contributed by atoms with Gasteiger partial charge < -0.3 is 9.64 Å². The summed E-state index contributed by atoms with van der Waals surface area (Å²) < 4.78 is 18.7. The van der Waals surface area contributed by atoms with Crippen molar-refractivity contribution in [3.8, 4) is 5.75 Å². The first kappa shape index (κ1) is 17.0. The van der Waals surface area contributed by atoms with E-state index < -0.39 is 0 Å². The standard InChI is InChI=1S/C19H19FN2O3/c20-15-8-10-16(11-9-15)22(14-21-12-4-7-18(21)23)19(24)13-25-17-5-2-1-3-6-17/h1-3,5-6,8-11H,4,7,12-14H2. The Morgan fingerprint density at radius 2 is 1.84 bits per heavy atom. The van der Waals surface area contributed by atoms with Gasteiger partial charge in [-0.2, -0.15) is 0 Å². The van der Waals surface area contributed by atoms with Crippen molar-refractivity contribution in [1.29, 1.82) is 0 Å². The summed E-state index contributed by atoms with van der Waals surface area (Å²) in [5.41, 5.74) is 0.530. The van der Waals surface area contributed by atoms with Crippen molar-refractivity contribution in [3.05, 3.63) is 60.4 Å². The molecular formula is C19H19FN2O3. The number of amides is 2. The molecule has 0 radical (unpaired) electrons. The number of carbonyl (C=O) groups is 2. The number of para-hydroxylation sites is 1. The summed E-state index contributed by atoms with van der Waals surface area (Å²) in [5, 5.41) is 0. The number of likely N-dealkylation sites (tertiary alicyclic amines) is 1. The fraction of sp³-hybridized carbons (Fsp3) is 0.263. The molecule has 1 saturated heterocycles. The molecule has 2 aromatic carbocycles. The van der Waals surface area contributed by atoms with Crippen LogP contribution in [0.25, 0.3) is 0 Å². The van der Waals surface area contributed by atoms with Crippen LogP contribution in [-0.4, -0.2) is 36.5 Å². The number of anilines is 1. The van der Waals surface area contributed by atoms with Gasteiger partial charge in [0.05, 0.1) is 0 Å². The average Bonchev–Trinajstić information content (AvgIpc) is 3.04. The number of ether oxygens (including phenoxy) is 1. The number of rotatable bonds is 6. The highest BCUT2D eigenvalue weighted by Gasteiger charge is 2.26. The van der Waals surface area contributed by atoms with Crippen molar-refractivity contribution >= 4 is 17.5 Å². The van der Waals surface area contributed by atoms with Crippen LogP contribution in [0, 0.1) is 5.82 Å². The predicted octanol–water partition coefficient (Wildman–Crippen LogP) is 2.82. The van der Waals surface area contributed by atoms with Gasteiger partial charge >= 0.3 is 0 Å². The quantitative estimate of drug-likeness (QED) is 0.811. The Hall–Kier alpha value is -2.89. The minimum absolute atomic E-state index is 0.0175. The zero-order valence-electron chi connectivity index (χ0n) is 13.7. The van der Waals surface area contributed by atoms with Crippen LogP contribution in [-0.2, 0) is 9.59 Å². The van der Waals surface area contributed by atoms with Crippen LogP contribution in [0.5, 0.6) is 5.75 Å². The van der Waals surface area contributed by atoms with E-state index in [0.29, 0.717) is 24.4 Å². The molecule has 1 aliphatic rings. The first-order valence-electron chi connectivity index (χ1n) is 8.15. The van der Waals surface area contributed by atoms with E-state index in [1.54, 1.807) is 17.0 Å². The molecule has 1 aliphatic heterocycles. The molecule has 0 spiro atoms. The molecular weight excluding hydrogens is 323 g/mol. The number of benzene rings is 2. The minimum Gasteiger partial charge on any atom is -0.484 e. The van der Waals surface area contributed by atoms with Gasteiger partial charge in [-0.1, -0.05) is 18.2 Å². The molecule has 0 aliphatic carbocycles. The summed E-state index contributed by atoms with van der Waals surface area (Å²) >= 11 is 0. The molecule has 0 saturated carbocycles. The number of halogens is 1. The van der Waals surface area contributed by atoms with Crippen molar-refractivity contribution in [2.24, 2.45) is 0 Å². The van der Waals surface area contributed by atoms with E-state index in [4.69, 9.17) is 4.74 Å². The molecule has 6 heteroatoms. The highest BCUT2D eigenvalue weighted by Crippen LogP contribution is 2.19.